The normalized spacial score (nSPS) is 14.8. The molecule has 0 atom stereocenters. The second-order valence-electron chi connectivity index (χ2n) is 6.81. The van der Waals surface area contributed by atoms with Crippen LogP contribution in [0.2, 0.25) is 0 Å². The molecule has 2 aromatic carbocycles. The van der Waals surface area contributed by atoms with Crippen LogP contribution in [0.3, 0.4) is 0 Å². The van der Waals surface area contributed by atoms with Gasteiger partial charge in [-0.05, 0) is 42.0 Å². The molecule has 1 aliphatic heterocycles. The fraction of sp³-hybridized carbons (Fsp3) is 0.273. The van der Waals surface area contributed by atoms with Crippen molar-refractivity contribution in [3.8, 4) is 0 Å². The highest BCUT2D eigenvalue weighted by atomic mass is 19.4. The SMILES string of the molecule is COC(=O)c1ccc(/C=C/C(=O)N2CCN(c3cccc(C(F)(F)F)c3)CC2)cc1. The molecule has 1 saturated heterocycles. The first-order valence-corrected chi connectivity index (χ1v) is 9.35. The molecule has 0 bridgehead atoms. The maximum Gasteiger partial charge on any atom is 0.416 e. The third-order valence-electron chi connectivity index (χ3n) is 4.88. The van der Waals surface area contributed by atoms with Gasteiger partial charge in [-0.2, -0.15) is 13.2 Å². The molecule has 0 radical (unpaired) electrons. The van der Waals surface area contributed by atoms with Crippen molar-refractivity contribution < 1.29 is 27.5 Å². The van der Waals surface area contributed by atoms with Crippen LogP contribution in [-0.4, -0.2) is 50.1 Å². The number of carbonyl (C=O) groups excluding carboxylic acids is 2. The lowest BCUT2D eigenvalue weighted by atomic mass is 10.1. The Labute approximate surface area is 172 Å². The van der Waals surface area contributed by atoms with Crippen LogP contribution in [0, 0.1) is 0 Å². The number of esters is 1. The molecule has 158 valence electrons. The molecule has 2 aromatic rings. The molecule has 5 nitrogen and oxygen atoms in total. The van der Waals surface area contributed by atoms with Gasteiger partial charge in [0.05, 0.1) is 18.2 Å². The number of alkyl halides is 3. The van der Waals surface area contributed by atoms with Gasteiger partial charge in [-0.15, -0.1) is 0 Å². The molecule has 1 amide bonds. The zero-order valence-electron chi connectivity index (χ0n) is 16.4. The Morgan fingerprint density at radius 3 is 2.27 bits per heavy atom. The van der Waals surface area contributed by atoms with Crippen molar-refractivity contribution in [1.82, 2.24) is 4.90 Å². The van der Waals surface area contributed by atoms with E-state index in [1.54, 1.807) is 41.3 Å². The van der Waals surface area contributed by atoms with E-state index in [0.29, 0.717) is 37.4 Å². The summed E-state index contributed by atoms with van der Waals surface area (Å²) >= 11 is 0. The molecule has 1 heterocycles. The van der Waals surface area contributed by atoms with E-state index in [1.807, 2.05) is 4.90 Å². The zero-order valence-corrected chi connectivity index (χ0v) is 16.4. The molecular formula is C22H21F3N2O3. The summed E-state index contributed by atoms with van der Waals surface area (Å²) in [6, 6.07) is 11.9. The van der Waals surface area contributed by atoms with Crippen molar-refractivity contribution in [1.29, 1.82) is 0 Å². The predicted molar refractivity (Wildman–Crippen MR) is 107 cm³/mol. The summed E-state index contributed by atoms with van der Waals surface area (Å²) in [6.07, 6.45) is -1.27. The lowest BCUT2D eigenvalue weighted by Gasteiger charge is -2.35. The molecule has 0 aliphatic carbocycles. The Bertz CT molecular complexity index is 931. The number of rotatable bonds is 4. The molecule has 3 rings (SSSR count). The number of piperazine rings is 1. The Hall–Kier alpha value is -3.29. The number of halogens is 3. The summed E-state index contributed by atoms with van der Waals surface area (Å²) in [5.74, 6) is -0.601. The van der Waals surface area contributed by atoms with Gasteiger partial charge in [-0.3, -0.25) is 4.79 Å². The third-order valence-corrected chi connectivity index (χ3v) is 4.88. The number of carbonyl (C=O) groups is 2. The van der Waals surface area contributed by atoms with Crippen molar-refractivity contribution in [2.24, 2.45) is 0 Å². The van der Waals surface area contributed by atoms with Crippen molar-refractivity contribution in [2.45, 2.75) is 6.18 Å². The molecule has 0 spiro atoms. The number of amides is 1. The van der Waals surface area contributed by atoms with Gasteiger partial charge in [-0.1, -0.05) is 18.2 Å². The third kappa shape index (κ3) is 5.20. The van der Waals surface area contributed by atoms with E-state index in [4.69, 9.17) is 0 Å². The van der Waals surface area contributed by atoms with Gasteiger partial charge in [0.2, 0.25) is 5.91 Å². The van der Waals surface area contributed by atoms with Crippen LogP contribution in [0.1, 0.15) is 21.5 Å². The largest absolute Gasteiger partial charge is 0.465 e. The highest BCUT2D eigenvalue weighted by molar-refractivity contribution is 5.92. The van der Waals surface area contributed by atoms with E-state index in [-0.39, 0.29) is 5.91 Å². The summed E-state index contributed by atoms with van der Waals surface area (Å²) < 4.78 is 43.4. The van der Waals surface area contributed by atoms with Crippen LogP contribution in [0.25, 0.3) is 6.08 Å². The quantitative estimate of drug-likeness (QED) is 0.559. The van der Waals surface area contributed by atoms with E-state index < -0.39 is 17.7 Å². The van der Waals surface area contributed by atoms with Crippen molar-refractivity contribution in [3.05, 3.63) is 71.3 Å². The average Bonchev–Trinajstić information content (AvgIpc) is 2.77. The van der Waals surface area contributed by atoms with Gasteiger partial charge in [0.25, 0.3) is 0 Å². The van der Waals surface area contributed by atoms with E-state index in [2.05, 4.69) is 4.74 Å². The topological polar surface area (TPSA) is 49.9 Å². The minimum Gasteiger partial charge on any atom is -0.465 e. The average molecular weight is 418 g/mol. The minimum atomic E-state index is -4.38. The van der Waals surface area contributed by atoms with Gasteiger partial charge < -0.3 is 14.5 Å². The zero-order chi connectivity index (χ0) is 21.7. The standard InChI is InChI=1S/C22H21F3N2O3/c1-30-21(29)17-8-5-16(6-9-17)7-10-20(28)27-13-11-26(12-14-27)19-4-2-3-18(15-19)22(23,24)25/h2-10,15H,11-14H2,1H3/b10-7+. The number of anilines is 1. The van der Waals surface area contributed by atoms with Gasteiger partial charge in [-0.25, -0.2) is 4.79 Å². The summed E-state index contributed by atoms with van der Waals surface area (Å²) in [7, 11) is 1.31. The summed E-state index contributed by atoms with van der Waals surface area (Å²) in [5, 5.41) is 0. The molecule has 0 unspecified atom stereocenters. The van der Waals surface area contributed by atoms with Crippen molar-refractivity contribution >= 4 is 23.6 Å². The number of methoxy groups -OCH3 is 1. The van der Waals surface area contributed by atoms with Gasteiger partial charge in [0, 0.05) is 37.9 Å². The van der Waals surface area contributed by atoms with Gasteiger partial charge in [0.1, 0.15) is 0 Å². The Balaban J connectivity index is 1.56. The first-order valence-electron chi connectivity index (χ1n) is 9.35. The lowest BCUT2D eigenvalue weighted by Crippen LogP contribution is -2.48. The maximum atomic E-state index is 12.9. The predicted octanol–water partition coefficient (Wildman–Crippen LogP) is 3.85. The van der Waals surface area contributed by atoms with E-state index in [9.17, 15) is 22.8 Å². The van der Waals surface area contributed by atoms with E-state index in [1.165, 1.54) is 19.3 Å². The van der Waals surface area contributed by atoms with Crippen LogP contribution in [0.4, 0.5) is 18.9 Å². The number of benzene rings is 2. The van der Waals surface area contributed by atoms with Gasteiger partial charge >= 0.3 is 12.1 Å². The number of hydrogen-bond acceptors (Lipinski definition) is 4. The highest BCUT2D eigenvalue weighted by Crippen LogP contribution is 2.31. The van der Waals surface area contributed by atoms with Crippen molar-refractivity contribution in [2.75, 3.05) is 38.2 Å². The minimum absolute atomic E-state index is 0.171. The van der Waals surface area contributed by atoms with Crippen molar-refractivity contribution in [3.63, 3.8) is 0 Å². The Morgan fingerprint density at radius 2 is 1.67 bits per heavy atom. The van der Waals surface area contributed by atoms with Crippen LogP contribution in [-0.2, 0) is 15.7 Å². The molecule has 1 aliphatic rings. The smallest absolute Gasteiger partial charge is 0.416 e. The first-order chi connectivity index (χ1) is 14.3. The molecule has 1 fully saturated rings. The molecule has 30 heavy (non-hydrogen) atoms. The van der Waals surface area contributed by atoms with Crippen LogP contribution in [0.15, 0.2) is 54.6 Å². The van der Waals surface area contributed by atoms with Crippen LogP contribution < -0.4 is 4.90 Å². The first kappa shape index (κ1) is 21.4. The lowest BCUT2D eigenvalue weighted by molar-refractivity contribution is -0.137. The Kier molecular flexibility index (Phi) is 6.44. The summed E-state index contributed by atoms with van der Waals surface area (Å²) in [5.41, 5.74) is 1.00. The number of nitrogens with zero attached hydrogens (tertiary/aromatic N) is 2. The van der Waals surface area contributed by atoms with E-state index in [0.717, 1.165) is 17.7 Å². The number of hydrogen-bond donors (Lipinski definition) is 0. The maximum absolute atomic E-state index is 12.9. The fourth-order valence-electron chi connectivity index (χ4n) is 3.19. The Morgan fingerprint density at radius 1 is 1.00 bits per heavy atom. The second kappa shape index (κ2) is 9.02. The van der Waals surface area contributed by atoms with E-state index >= 15 is 0 Å². The molecule has 8 heteroatoms. The summed E-state index contributed by atoms with van der Waals surface area (Å²) in [6.45, 7) is 1.74. The highest BCUT2D eigenvalue weighted by Gasteiger charge is 2.31. The fourth-order valence-corrected chi connectivity index (χ4v) is 3.19. The van der Waals surface area contributed by atoms with Gasteiger partial charge in [0.15, 0.2) is 0 Å². The van der Waals surface area contributed by atoms with Crippen LogP contribution >= 0.6 is 0 Å². The van der Waals surface area contributed by atoms with Crippen LogP contribution in [0.5, 0.6) is 0 Å². The molecule has 0 aromatic heterocycles. The monoisotopic (exact) mass is 418 g/mol. The molecule has 0 N–H and O–H groups in total. The summed E-state index contributed by atoms with van der Waals surface area (Å²) in [4.78, 5) is 27.4. The molecular weight excluding hydrogens is 397 g/mol. The second-order valence-corrected chi connectivity index (χ2v) is 6.81. The molecule has 0 saturated carbocycles. The number of ether oxygens (including phenoxy) is 1.